The second-order valence-corrected chi connectivity index (χ2v) is 10.9. The number of likely N-dealkylation sites (tertiary alicyclic amines) is 1. The quantitative estimate of drug-likeness (QED) is 0.753. The summed E-state index contributed by atoms with van der Waals surface area (Å²) in [5.41, 5.74) is -0.144. The zero-order valence-electron chi connectivity index (χ0n) is 14.9. The van der Waals surface area contributed by atoms with E-state index in [-0.39, 0.29) is 22.2 Å². The number of carbonyl (C=O) groups excluding carboxylic acids is 1. The highest BCUT2D eigenvalue weighted by Crippen LogP contribution is 2.27. The Labute approximate surface area is 159 Å². The molecule has 0 saturated carbocycles. The van der Waals surface area contributed by atoms with Gasteiger partial charge in [-0.05, 0) is 51.9 Å². The maximum atomic E-state index is 12.4. The minimum absolute atomic E-state index is 0.140. The average Bonchev–Trinajstić information content (AvgIpc) is 3.01. The number of likely N-dealkylation sites (N-methyl/N-ethyl adjacent to an activating group) is 1. The molecule has 1 saturated heterocycles. The molecule has 0 radical (unpaired) electrons. The molecule has 2 heterocycles. The summed E-state index contributed by atoms with van der Waals surface area (Å²) < 4.78 is 26.4. The smallest absolute Gasteiger partial charge is 0.252 e. The lowest BCUT2D eigenvalue weighted by atomic mass is 9.98. The molecule has 1 aliphatic heterocycles. The van der Waals surface area contributed by atoms with Crippen molar-refractivity contribution in [2.75, 3.05) is 33.2 Å². The molecular formula is C16H26ClN3O3S2. The third-order valence-corrected chi connectivity index (χ3v) is 8.01. The first-order valence-electron chi connectivity index (χ1n) is 8.36. The maximum Gasteiger partial charge on any atom is 0.252 e. The highest BCUT2D eigenvalue weighted by Gasteiger charge is 2.29. The molecule has 0 unspecified atom stereocenters. The van der Waals surface area contributed by atoms with E-state index in [0.29, 0.717) is 10.9 Å². The van der Waals surface area contributed by atoms with Crippen molar-refractivity contribution in [1.29, 1.82) is 0 Å². The molecule has 0 aromatic carbocycles. The van der Waals surface area contributed by atoms with Crippen LogP contribution in [0.2, 0.25) is 4.34 Å². The molecule has 1 aromatic rings. The van der Waals surface area contributed by atoms with E-state index < -0.39 is 10.0 Å². The van der Waals surface area contributed by atoms with Gasteiger partial charge in [0.1, 0.15) is 4.21 Å². The largest absolute Gasteiger partial charge is 0.353 e. The summed E-state index contributed by atoms with van der Waals surface area (Å²) in [7, 11) is -2.29. The van der Waals surface area contributed by atoms with Crippen LogP contribution in [-0.2, 0) is 14.8 Å². The lowest BCUT2D eigenvalue weighted by molar-refractivity contribution is -0.121. The minimum atomic E-state index is -3.69. The highest BCUT2D eigenvalue weighted by atomic mass is 35.5. The Bertz CT molecular complexity index is 697. The Morgan fingerprint density at radius 2 is 1.96 bits per heavy atom. The van der Waals surface area contributed by atoms with E-state index in [0.717, 1.165) is 28.7 Å². The van der Waals surface area contributed by atoms with Crippen molar-refractivity contribution in [2.45, 2.75) is 42.9 Å². The van der Waals surface area contributed by atoms with Crippen molar-refractivity contribution in [3.8, 4) is 0 Å². The fourth-order valence-corrected chi connectivity index (χ4v) is 5.68. The Hall–Kier alpha value is -0.670. The maximum absolute atomic E-state index is 12.4. The van der Waals surface area contributed by atoms with Crippen molar-refractivity contribution < 1.29 is 13.2 Å². The normalized spacial score (nSPS) is 17.0. The minimum Gasteiger partial charge on any atom is -0.353 e. The van der Waals surface area contributed by atoms with Crippen LogP contribution in [0.4, 0.5) is 0 Å². The van der Waals surface area contributed by atoms with E-state index in [1.54, 1.807) is 0 Å². The van der Waals surface area contributed by atoms with Crippen LogP contribution in [0.1, 0.15) is 33.1 Å². The summed E-state index contributed by atoms with van der Waals surface area (Å²) in [6.45, 7) is 6.56. The number of rotatable bonds is 7. The lowest BCUT2D eigenvalue weighted by Gasteiger charge is -2.41. The number of hydrogen-bond donors (Lipinski definition) is 1. The number of piperidine rings is 1. The Morgan fingerprint density at radius 1 is 1.32 bits per heavy atom. The Balaban J connectivity index is 1.89. The summed E-state index contributed by atoms with van der Waals surface area (Å²) in [5.74, 6) is -0.307. The van der Waals surface area contributed by atoms with Gasteiger partial charge < -0.3 is 5.32 Å². The second kappa shape index (κ2) is 8.35. The second-order valence-electron chi connectivity index (χ2n) is 6.96. The van der Waals surface area contributed by atoms with Crippen molar-refractivity contribution >= 4 is 38.9 Å². The average molecular weight is 408 g/mol. The monoisotopic (exact) mass is 407 g/mol. The van der Waals surface area contributed by atoms with E-state index in [4.69, 9.17) is 11.6 Å². The van der Waals surface area contributed by atoms with E-state index in [9.17, 15) is 13.2 Å². The van der Waals surface area contributed by atoms with Crippen LogP contribution in [0.25, 0.3) is 0 Å². The van der Waals surface area contributed by atoms with Gasteiger partial charge in [0.25, 0.3) is 10.0 Å². The van der Waals surface area contributed by atoms with Crippen LogP contribution >= 0.6 is 22.9 Å². The zero-order chi connectivity index (χ0) is 18.7. The van der Waals surface area contributed by atoms with Gasteiger partial charge in [0.15, 0.2) is 0 Å². The number of nitrogens with one attached hydrogen (secondary N) is 1. The Morgan fingerprint density at radius 3 is 2.52 bits per heavy atom. The van der Waals surface area contributed by atoms with Gasteiger partial charge in [-0.25, -0.2) is 8.42 Å². The third-order valence-electron chi connectivity index (χ3n) is 4.51. The number of nitrogens with zero attached hydrogens (tertiary/aromatic N) is 2. The van der Waals surface area contributed by atoms with Crippen LogP contribution in [-0.4, -0.2) is 62.3 Å². The van der Waals surface area contributed by atoms with Gasteiger partial charge in [-0.15, -0.1) is 11.3 Å². The summed E-state index contributed by atoms with van der Waals surface area (Å²) in [6.07, 6.45) is 3.62. The molecule has 1 amide bonds. The molecular weight excluding hydrogens is 382 g/mol. The molecule has 0 aliphatic carbocycles. The lowest BCUT2D eigenvalue weighted by Crippen LogP contribution is -2.54. The van der Waals surface area contributed by atoms with Crippen LogP contribution < -0.4 is 5.32 Å². The zero-order valence-corrected chi connectivity index (χ0v) is 17.3. The number of sulfonamides is 1. The number of thiophene rings is 1. The van der Waals surface area contributed by atoms with E-state index >= 15 is 0 Å². The molecule has 6 nitrogen and oxygen atoms in total. The molecule has 0 atom stereocenters. The van der Waals surface area contributed by atoms with Crippen molar-refractivity contribution in [2.24, 2.45) is 0 Å². The molecule has 9 heteroatoms. The van der Waals surface area contributed by atoms with Crippen LogP contribution in [0, 0.1) is 0 Å². The van der Waals surface area contributed by atoms with E-state index in [2.05, 4.69) is 24.1 Å². The molecule has 0 bridgehead atoms. The van der Waals surface area contributed by atoms with Gasteiger partial charge in [0, 0.05) is 19.1 Å². The van der Waals surface area contributed by atoms with Crippen LogP contribution in [0.3, 0.4) is 0 Å². The molecule has 142 valence electrons. The van der Waals surface area contributed by atoms with E-state index in [1.165, 1.54) is 38.4 Å². The summed E-state index contributed by atoms with van der Waals surface area (Å²) in [4.78, 5) is 14.6. The third kappa shape index (κ3) is 5.40. The molecule has 25 heavy (non-hydrogen) atoms. The topological polar surface area (TPSA) is 69.7 Å². The van der Waals surface area contributed by atoms with Gasteiger partial charge in [-0.1, -0.05) is 18.0 Å². The van der Waals surface area contributed by atoms with Gasteiger partial charge in [-0.3, -0.25) is 9.69 Å². The van der Waals surface area contributed by atoms with E-state index in [1.807, 2.05) is 0 Å². The van der Waals surface area contributed by atoms with Crippen LogP contribution in [0.15, 0.2) is 16.3 Å². The molecule has 1 aliphatic rings. The highest BCUT2D eigenvalue weighted by molar-refractivity contribution is 7.91. The molecule has 2 rings (SSSR count). The molecule has 1 fully saturated rings. The van der Waals surface area contributed by atoms with Gasteiger partial charge in [0.05, 0.1) is 10.9 Å². The predicted octanol–water partition coefficient (Wildman–Crippen LogP) is 2.40. The first-order chi connectivity index (χ1) is 11.6. The van der Waals surface area contributed by atoms with Crippen LogP contribution in [0.5, 0.6) is 0 Å². The number of hydrogen-bond acceptors (Lipinski definition) is 5. The molecule has 1 N–H and O–H groups in total. The first kappa shape index (κ1) is 20.6. The SMILES string of the molecule is CN(CC(=O)NCC(C)(C)N1CCCCC1)S(=O)(=O)c1ccc(Cl)s1. The standard InChI is InChI=1S/C16H26ClN3O3S2/c1-16(2,20-9-5-4-6-10-20)12-18-14(21)11-19(3)25(22,23)15-8-7-13(17)24-15/h7-8H,4-6,9-12H2,1-3H3,(H,18,21). The van der Waals surface area contributed by atoms with Gasteiger partial charge in [-0.2, -0.15) is 4.31 Å². The number of halogens is 1. The fraction of sp³-hybridized carbons (Fsp3) is 0.688. The molecule has 1 aromatic heterocycles. The summed E-state index contributed by atoms with van der Waals surface area (Å²) >= 11 is 6.79. The fourth-order valence-electron chi connectivity index (χ4n) is 2.86. The predicted molar refractivity (Wildman–Crippen MR) is 102 cm³/mol. The molecule has 0 spiro atoms. The number of carbonyl (C=O) groups is 1. The van der Waals surface area contributed by atoms with Crippen molar-refractivity contribution in [3.63, 3.8) is 0 Å². The first-order valence-corrected chi connectivity index (χ1v) is 11.0. The summed E-state index contributed by atoms with van der Waals surface area (Å²) in [5, 5.41) is 2.87. The van der Waals surface area contributed by atoms with Gasteiger partial charge in [0.2, 0.25) is 5.91 Å². The van der Waals surface area contributed by atoms with Gasteiger partial charge >= 0.3 is 0 Å². The summed E-state index contributed by atoms with van der Waals surface area (Å²) in [6, 6.07) is 2.99. The Kier molecular flexibility index (Phi) is 6.89. The van der Waals surface area contributed by atoms with Crippen molar-refractivity contribution in [1.82, 2.24) is 14.5 Å². The van der Waals surface area contributed by atoms with Crippen molar-refractivity contribution in [3.05, 3.63) is 16.5 Å². The number of amides is 1.